The van der Waals surface area contributed by atoms with Gasteiger partial charge in [0.2, 0.25) is 0 Å². The molecule has 0 bridgehead atoms. The lowest BCUT2D eigenvalue weighted by Crippen LogP contribution is -2.34. The number of benzene rings is 2. The van der Waals surface area contributed by atoms with E-state index in [2.05, 4.69) is 22.2 Å². The molecule has 3 aromatic rings. The zero-order valence-electron chi connectivity index (χ0n) is 17.7. The Labute approximate surface area is 178 Å². The molecule has 0 radical (unpaired) electrons. The normalized spacial score (nSPS) is 14.9. The number of nitrogens with one attached hydrogen (secondary N) is 2. The van der Waals surface area contributed by atoms with Gasteiger partial charge in [0.25, 0.3) is 5.91 Å². The fraction of sp³-hybridized carbons (Fsp3) is 0.400. The molecule has 0 saturated heterocycles. The molecule has 1 fully saturated rings. The molecule has 30 heavy (non-hydrogen) atoms. The van der Waals surface area contributed by atoms with Crippen LogP contribution in [-0.4, -0.2) is 42.0 Å². The van der Waals surface area contributed by atoms with E-state index in [0.717, 1.165) is 29.6 Å². The molecule has 2 aromatic carbocycles. The third kappa shape index (κ3) is 4.85. The van der Waals surface area contributed by atoms with Crippen LogP contribution in [0, 0.1) is 0 Å². The van der Waals surface area contributed by atoms with Gasteiger partial charge in [-0.1, -0.05) is 37.5 Å². The van der Waals surface area contributed by atoms with E-state index in [1.165, 1.54) is 32.1 Å². The van der Waals surface area contributed by atoms with Gasteiger partial charge >= 0.3 is 0 Å². The highest BCUT2D eigenvalue weighted by atomic mass is 16.5. The molecule has 1 amide bonds. The number of carbonyl (C=O) groups is 1. The van der Waals surface area contributed by atoms with Gasteiger partial charge in [0, 0.05) is 29.7 Å². The maximum absolute atomic E-state index is 12.9. The largest absolute Gasteiger partial charge is 0.493 e. The second-order valence-electron chi connectivity index (χ2n) is 8.17. The van der Waals surface area contributed by atoms with Gasteiger partial charge in [-0.2, -0.15) is 0 Å². The molecular weight excluding hydrogens is 374 g/mol. The predicted molar refractivity (Wildman–Crippen MR) is 122 cm³/mol. The number of hydrogen-bond acceptors (Lipinski definition) is 3. The van der Waals surface area contributed by atoms with Crippen molar-refractivity contribution in [3.63, 3.8) is 0 Å². The van der Waals surface area contributed by atoms with Gasteiger partial charge in [-0.15, -0.1) is 0 Å². The quantitative estimate of drug-likeness (QED) is 0.490. The maximum Gasteiger partial charge on any atom is 0.259 e. The molecule has 1 aromatic heterocycles. The number of H-pyrrole nitrogens is 1. The molecule has 4 rings (SSSR count). The molecule has 0 aliphatic heterocycles. The smallest absolute Gasteiger partial charge is 0.259 e. The number of para-hydroxylation sites is 1. The predicted octanol–water partition coefficient (Wildman–Crippen LogP) is 5.45. The topological polar surface area (TPSA) is 57.4 Å². The number of amides is 1. The monoisotopic (exact) mass is 405 g/mol. The minimum absolute atomic E-state index is 0.154. The molecule has 158 valence electrons. The highest BCUT2D eigenvalue weighted by Crippen LogP contribution is 2.25. The number of nitrogens with zero attached hydrogens (tertiary/aromatic N) is 1. The zero-order chi connectivity index (χ0) is 20.8. The van der Waals surface area contributed by atoms with Gasteiger partial charge in [-0.05, 0) is 56.6 Å². The van der Waals surface area contributed by atoms with Crippen molar-refractivity contribution in [3.8, 4) is 5.75 Å². The van der Waals surface area contributed by atoms with E-state index in [9.17, 15) is 4.79 Å². The van der Waals surface area contributed by atoms with Crippen LogP contribution in [0.1, 0.15) is 48.9 Å². The van der Waals surface area contributed by atoms with Crippen molar-refractivity contribution in [2.24, 2.45) is 0 Å². The van der Waals surface area contributed by atoms with Crippen LogP contribution in [0.4, 0.5) is 5.69 Å². The average Bonchev–Trinajstić information content (AvgIpc) is 3.27. The minimum Gasteiger partial charge on any atom is -0.493 e. The molecule has 5 heteroatoms. The van der Waals surface area contributed by atoms with E-state index in [1.807, 2.05) is 54.7 Å². The van der Waals surface area contributed by atoms with Gasteiger partial charge in [0.15, 0.2) is 0 Å². The van der Waals surface area contributed by atoms with Gasteiger partial charge in [0.1, 0.15) is 5.75 Å². The Bertz CT molecular complexity index is 975. The number of aromatic nitrogens is 1. The number of anilines is 1. The molecule has 1 aliphatic rings. The lowest BCUT2D eigenvalue weighted by atomic mass is 9.94. The summed E-state index contributed by atoms with van der Waals surface area (Å²) in [5.41, 5.74) is 2.35. The Hall–Kier alpha value is -2.79. The van der Waals surface area contributed by atoms with Crippen LogP contribution in [0.3, 0.4) is 0 Å². The molecule has 0 unspecified atom stereocenters. The van der Waals surface area contributed by atoms with Crippen LogP contribution in [0.25, 0.3) is 10.9 Å². The van der Waals surface area contributed by atoms with Crippen molar-refractivity contribution in [2.75, 3.05) is 25.5 Å². The SMILES string of the molecule is CN(CCCOc1ccccc1C(=O)Nc1cccc2[nH]ccc12)C1CCCCC1. The van der Waals surface area contributed by atoms with E-state index in [0.29, 0.717) is 24.0 Å². The fourth-order valence-electron chi connectivity index (χ4n) is 4.36. The number of ether oxygens (including phenoxy) is 1. The first kappa shape index (κ1) is 20.5. The Morgan fingerprint density at radius 1 is 1.10 bits per heavy atom. The summed E-state index contributed by atoms with van der Waals surface area (Å²) in [7, 11) is 2.22. The van der Waals surface area contributed by atoms with Crippen LogP contribution in [0.15, 0.2) is 54.7 Å². The molecule has 2 N–H and O–H groups in total. The van der Waals surface area contributed by atoms with Crippen LogP contribution in [-0.2, 0) is 0 Å². The molecule has 0 spiro atoms. The Balaban J connectivity index is 1.34. The summed E-state index contributed by atoms with van der Waals surface area (Å²) >= 11 is 0. The molecule has 1 aliphatic carbocycles. The number of fused-ring (bicyclic) bond motifs is 1. The highest BCUT2D eigenvalue weighted by Gasteiger charge is 2.18. The fourth-order valence-corrected chi connectivity index (χ4v) is 4.36. The van der Waals surface area contributed by atoms with E-state index >= 15 is 0 Å². The number of rotatable bonds is 8. The van der Waals surface area contributed by atoms with Crippen LogP contribution in [0.5, 0.6) is 5.75 Å². The van der Waals surface area contributed by atoms with Crippen molar-refractivity contribution in [2.45, 2.75) is 44.6 Å². The van der Waals surface area contributed by atoms with Gasteiger partial charge in [-0.25, -0.2) is 0 Å². The minimum atomic E-state index is -0.154. The standard InChI is InChI=1S/C25H31N3O2/c1-28(19-9-3-2-4-10-19)17-8-18-30-24-14-6-5-11-21(24)25(29)27-23-13-7-12-22-20(23)15-16-26-22/h5-7,11-16,19,26H,2-4,8-10,17-18H2,1H3,(H,27,29). The summed E-state index contributed by atoms with van der Waals surface area (Å²) in [4.78, 5) is 18.6. The molecular formula is C25H31N3O2. The summed E-state index contributed by atoms with van der Waals surface area (Å²) in [5.74, 6) is 0.482. The summed E-state index contributed by atoms with van der Waals surface area (Å²) in [6.07, 6.45) is 9.54. The average molecular weight is 406 g/mol. The van der Waals surface area contributed by atoms with Crippen molar-refractivity contribution < 1.29 is 9.53 Å². The number of aromatic amines is 1. The first-order valence-corrected chi connectivity index (χ1v) is 11.0. The summed E-state index contributed by atoms with van der Waals surface area (Å²) in [6, 6.07) is 16.0. The zero-order valence-corrected chi connectivity index (χ0v) is 17.7. The molecule has 0 atom stereocenters. The summed E-state index contributed by atoms with van der Waals surface area (Å²) < 4.78 is 6.01. The van der Waals surface area contributed by atoms with Gasteiger partial charge in [0.05, 0.1) is 17.9 Å². The second kappa shape index (κ2) is 9.81. The van der Waals surface area contributed by atoms with Crippen molar-refractivity contribution in [1.82, 2.24) is 9.88 Å². The Morgan fingerprint density at radius 2 is 1.93 bits per heavy atom. The van der Waals surface area contributed by atoms with Crippen LogP contribution < -0.4 is 10.1 Å². The third-order valence-electron chi connectivity index (χ3n) is 6.09. The summed E-state index contributed by atoms with van der Waals surface area (Å²) in [5, 5.41) is 4.03. The maximum atomic E-state index is 12.9. The Kier molecular flexibility index (Phi) is 6.70. The Morgan fingerprint density at radius 3 is 2.80 bits per heavy atom. The third-order valence-corrected chi connectivity index (χ3v) is 6.09. The first-order valence-electron chi connectivity index (χ1n) is 11.0. The lowest BCUT2D eigenvalue weighted by Gasteiger charge is -2.31. The lowest BCUT2D eigenvalue weighted by molar-refractivity contribution is 0.102. The van der Waals surface area contributed by atoms with E-state index in [4.69, 9.17) is 4.74 Å². The van der Waals surface area contributed by atoms with E-state index < -0.39 is 0 Å². The van der Waals surface area contributed by atoms with Crippen LogP contribution >= 0.6 is 0 Å². The van der Waals surface area contributed by atoms with Gasteiger partial charge in [-0.3, -0.25) is 4.79 Å². The first-order chi connectivity index (χ1) is 14.7. The van der Waals surface area contributed by atoms with Gasteiger partial charge < -0.3 is 19.9 Å². The number of hydrogen-bond donors (Lipinski definition) is 2. The van der Waals surface area contributed by atoms with Crippen molar-refractivity contribution in [1.29, 1.82) is 0 Å². The van der Waals surface area contributed by atoms with E-state index in [1.54, 1.807) is 0 Å². The molecule has 1 heterocycles. The van der Waals surface area contributed by atoms with Crippen molar-refractivity contribution >= 4 is 22.5 Å². The van der Waals surface area contributed by atoms with Crippen LogP contribution in [0.2, 0.25) is 0 Å². The highest BCUT2D eigenvalue weighted by molar-refractivity contribution is 6.10. The molecule has 1 saturated carbocycles. The van der Waals surface area contributed by atoms with Crippen molar-refractivity contribution in [3.05, 3.63) is 60.3 Å². The summed E-state index contributed by atoms with van der Waals surface area (Å²) in [6.45, 7) is 1.63. The number of carbonyl (C=O) groups excluding carboxylic acids is 1. The van der Waals surface area contributed by atoms with E-state index in [-0.39, 0.29) is 5.91 Å². The second-order valence-corrected chi connectivity index (χ2v) is 8.17. The molecule has 5 nitrogen and oxygen atoms in total.